The Morgan fingerprint density at radius 3 is 2.18 bits per heavy atom. The van der Waals surface area contributed by atoms with Crippen LogP contribution < -0.4 is 25.4 Å². The number of anilines is 2. The number of alkyl halides is 3. The first kappa shape index (κ1) is 31.2. The number of thioether (sulfide) groups is 1. The van der Waals surface area contributed by atoms with Gasteiger partial charge in [0.25, 0.3) is 11.8 Å². The standard InChI is InChI=1S/C33H26F3N3O5S/c34-33(35,36)26-9-5-4-8-22(26)18-27(39-31(41)21-6-2-1-3-7-21)32(42)38-23-10-13-25(14-11-23)45-20-30(40)37-24-12-15-28-29(19-24)44-17-16-43-28/h1-15,18-19H,16-17,20H2,(H,37,40)(H,38,42)(H,39,41). The van der Waals surface area contributed by atoms with Crippen molar-refractivity contribution in [2.24, 2.45) is 0 Å². The van der Waals surface area contributed by atoms with E-state index in [-0.39, 0.29) is 28.5 Å². The third kappa shape index (κ3) is 8.45. The Balaban J connectivity index is 1.25. The van der Waals surface area contributed by atoms with Crippen LogP contribution >= 0.6 is 11.8 Å². The van der Waals surface area contributed by atoms with Crippen molar-refractivity contribution in [2.75, 3.05) is 29.6 Å². The molecule has 5 rings (SSSR count). The van der Waals surface area contributed by atoms with Gasteiger partial charge in [0.2, 0.25) is 5.91 Å². The van der Waals surface area contributed by atoms with Crippen LogP contribution in [0.25, 0.3) is 6.08 Å². The van der Waals surface area contributed by atoms with Gasteiger partial charge in [-0.1, -0.05) is 36.4 Å². The maximum atomic E-state index is 13.6. The predicted octanol–water partition coefficient (Wildman–Crippen LogP) is 6.62. The number of carbonyl (C=O) groups excluding carboxylic acids is 3. The highest BCUT2D eigenvalue weighted by Gasteiger charge is 2.33. The first-order chi connectivity index (χ1) is 21.7. The topological polar surface area (TPSA) is 106 Å². The summed E-state index contributed by atoms with van der Waals surface area (Å²) in [6.07, 6.45) is -3.68. The molecule has 230 valence electrons. The lowest BCUT2D eigenvalue weighted by molar-refractivity contribution is -0.137. The van der Waals surface area contributed by atoms with Gasteiger partial charge in [0.1, 0.15) is 18.9 Å². The van der Waals surface area contributed by atoms with E-state index in [9.17, 15) is 27.6 Å². The molecular formula is C33H26F3N3O5S. The quantitative estimate of drug-likeness (QED) is 0.141. The number of amides is 3. The molecule has 0 aromatic heterocycles. The van der Waals surface area contributed by atoms with Crippen LogP contribution in [0.4, 0.5) is 24.5 Å². The summed E-state index contributed by atoms with van der Waals surface area (Å²) < 4.78 is 51.9. The smallest absolute Gasteiger partial charge is 0.416 e. The van der Waals surface area contributed by atoms with Crippen molar-refractivity contribution in [3.05, 3.63) is 119 Å². The minimum Gasteiger partial charge on any atom is -0.486 e. The molecule has 0 saturated carbocycles. The van der Waals surface area contributed by atoms with Crippen molar-refractivity contribution in [1.82, 2.24) is 5.32 Å². The first-order valence-corrected chi connectivity index (χ1v) is 14.6. The van der Waals surface area contributed by atoms with Gasteiger partial charge in [-0.25, -0.2) is 0 Å². The summed E-state index contributed by atoms with van der Waals surface area (Å²) >= 11 is 1.27. The van der Waals surface area contributed by atoms with Crippen LogP contribution in [0.3, 0.4) is 0 Å². The molecule has 0 saturated heterocycles. The lowest BCUT2D eigenvalue weighted by Gasteiger charge is -2.19. The van der Waals surface area contributed by atoms with Gasteiger partial charge < -0.3 is 25.4 Å². The van der Waals surface area contributed by atoms with Crippen LogP contribution in [0.5, 0.6) is 11.5 Å². The molecule has 0 aliphatic carbocycles. The average Bonchev–Trinajstić information content (AvgIpc) is 3.04. The van der Waals surface area contributed by atoms with Gasteiger partial charge >= 0.3 is 6.18 Å². The van der Waals surface area contributed by atoms with Crippen molar-refractivity contribution < 1.29 is 37.0 Å². The molecule has 0 radical (unpaired) electrons. The molecule has 8 nitrogen and oxygen atoms in total. The Morgan fingerprint density at radius 2 is 1.44 bits per heavy atom. The van der Waals surface area contributed by atoms with E-state index >= 15 is 0 Å². The molecule has 4 aromatic carbocycles. The number of rotatable bonds is 9. The minimum absolute atomic E-state index is 0.108. The van der Waals surface area contributed by atoms with Crippen LogP contribution in [-0.2, 0) is 15.8 Å². The predicted molar refractivity (Wildman–Crippen MR) is 165 cm³/mol. The van der Waals surface area contributed by atoms with E-state index in [0.717, 1.165) is 17.0 Å². The Bertz CT molecular complexity index is 1730. The van der Waals surface area contributed by atoms with Gasteiger partial charge in [0, 0.05) is 27.9 Å². The summed E-state index contributed by atoms with van der Waals surface area (Å²) in [5, 5.41) is 7.86. The number of carbonyl (C=O) groups is 3. The monoisotopic (exact) mass is 633 g/mol. The molecule has 4 aromatic rings. The number of benzene rings is 4. The molecule has 45 heavy (non-hydrogen) atoms. The van der Waals surface area contributed by atoms with Gasteiger partial charge in [-0.05, 0) is 66.2 Å². The Morgan fingerprint density at radius 1 is 0.778 bits per heavy atom. The molecular weight excluding hydrogens is 607 g/mol. The number of hydrogen-bond donors (Lipinski definition) is 3. The van der Waals surface area contributed by atoms with E-state index in [1.165, 1.54) is 42.1 Å². The molecule has 0 fully saturated rings. The normalized spacial score (nSPS) is 12.6. The van der Waals surface area contributed by atoms with Crippen molar-refractivity contribution in [1.29, 1.82) is 0 Å². The number of hydrogen-bond acceptors (Lipinski definition) is 6. The second-order valence-electron chi connectivity index (χ2n) is 9.64. The maximum absolute atomic E-state index is 13.6. The van der Waals surface area contributed by atoms with E-state index in [1.807, 2.05) is 0 Å². The largest absolute Gasteiger partial charge is 0.486 e. The fourth-order valence-electron chi connectivity index (χ4n) is 4.28. The van der Waals surface area contributed by atoms with Crippen molar-refractivity contribution in [3.8, 4) is 11.5 Å². The average molecular weight is 634 g/mol. The van der Waals surface area contributed by atoms with E-state index in [4.69, 9.17) is 9.47 Å². The summed E-state index contributed by atoms with van der Waals surface area (Å²) in [5.41, 5.74) is -0.499. The highest BCUT2D eigenvalue weighted by Crippen LogP contribution is 2.34. The Hall–Kier alpha value is -5.23. The fraction of sp³-hybridized carbons (Fsp3) is 0.121. The van der Waals surface area contributed by atoms with Crippen LogP contribution in [0.1, 0.15) is 21.5 Å². The van der Waals surface area contributed by atoms with Crippen molar-refractivity contribution in [2.45, 2.75) is 11.1 Å². The molecule has 3 N–H and O–H groups in total. The van der Waals surface area contributed by atoms with Crippen LogP contribution in [0, 0.1) is 0 Å². The van der Waals surface area contributed by atoms with E-state index in [2.05, 4.69) is 16.0 Å². The second kappa shape index (κ2) is 14.0. The first-order valence-electron chi connectivity index (χ1n) is 13.6. The summed E-state index contributed by atoms with van der Waals surface area (Å²) in [6, 6.07) is 24.4. The molecule has 0 bridgehead atoms. The number of fused-ring (bicyclic) bond motifs is 1. The zero-order valence-electron chi connectivity index (χ0n) is 23.5. The van der Waals surface area contributed by atoms with Crippen LogP contribution in [0.15, 0.2) is 108 Å². The summed E-state index contributed by atoms with van der Waals surface area (Å²) in [7, 11) is 0. The zero-order chi connectivity index (χ0) is 31.8. The Kier molecular flexibility index (Phi) is 9.73. The number of halogens is 3. The van der Waals surface area contributed by atoms with Gasteiger partial charge in [0.15, 0.2) is 11.5 Å². The highest BCUT2D eigenvalue weighted by atomic mass is 32.2. The Labute approximate surface area is 260 Å². The summed E-state index contributed by atoms with van der Waals surface area (Å²) in [5.74, 6) is -0.438. The molecule has 0 unspecified atom stereocenters. The SMILES string of the molecule is O=C(CSc1ccc(NC(=O)C(=Cc2ccccc2C(F)(F)F)NC(=O)c2ccccc2)cc1)Nc1ccc2c(c1)OCCO2. The molecule has 0 spiro atoms. The highest BCUT2D eigenvalue weighted by molar-refractivity contribution is 8.00. The van der Waals surface area contributed by atoms with Gasteiger partial charge in [-0.15, -0.1) is 11.8 Å². The number of nitrogens with one attached hydrogen (secondary N) is 3. The second-order valence-corrected chi connectivity index (χ2v) is 10.7. The van der Waals surface area contributed by atoms with Crippen molar-refractivity contribution >= 4 is 46.9 Å². The minimum atomic E-state index is -4.67. The lowest BCUT2D eigenvalue weighted by atomic mass is 10.1. The van der Waals surface area contributed by atoms with Gasteiger partial charge in [-0.2, -0.15) is 13.2 Å². The molecule has 12 heteroatoms. The van der Waals surface area contributed by atoms with Crippen molar-refractivity contribution in [3.63, 3.8) is 0 Å². The van der Waals surface area contributed by atoms with Gasteiger partial charge in [0.05, 0.1) is 11.3 Å². The zero-order valence-corrected chi connectivity index (χ0v) is 24.3. The third-order valence-corrected chi connectivity index (χ3v) is 7.41. The van der Waals surface area contributed by atoms with Crippen LogP contribution in [0.2, 0.25) is 0 Å². The summed E-state index contributed by atoms with van der Waals surface area (Å²) in [6.45, 7) is 0.902. The lowest BCUT2D eigenvalue weighted by Crippen LogP contribution is -2.30. The molecule has 1 heterocycles. The molecule has 0 atom stereocenters. The van der Waals surface area contributed by atoms with E-state index in [1.54, 1.807) is 60.7 Å². The third-order valence-electron chi connectivity index (χ3n) is 6.40. The molecule has 1 aliphatic heterocycles. The maximum Gasteiger partial charge on any atom is 0.416 e. The fourth-order valence-corrected chi connectivity index (χ4v) is 4.98. The van der Waals surface area contributed by atoms with Crippen LogP contribution in [-0.4, -0.2) is 36.7 Å². The summed E-state index contributed by atoms with van der Waals surface area (Å²) in [4.78, 5) is 39.3. The number of ether oxygens (including phenoxy) is 2. The molecule has 1 aliphatic rings. The molecule has 3 amide bonds. The van der Waals surface area contributed by atoms with Gasteiger partial charge in [-0.3, -0.25) is 14.4 Å². The van der Waals surface area contributed by atoms with E-state index < -0.39 is 23.6 Å². The van der Waals surface area contributed by atoms with E-state index in [0.29, 0.717) is 36.1 Å².